The van der Waals surface area contributed by atoms with Crippen molar-refractivity contribution in [1.82, 2.24) is 9.80 Å². The number of hydrogen-bond acceptors (Lipinski definition) is 2. The van der Waals surface area contributed by atoms with Gasteiger partial charge in [0.05, 0.1) is 0 Å². The minimum atomic E-state index is -0.111. The van der Waals surface area contributed by atoms with E-state index in [9.17, 15) is 9.59 Å². The van der Waals surface area contributed by atoms with Gasteiger partial charge in [0.25, 0.3) is 0 Å². The van der Waals surface area contributed by atoms with Gasteiger partial charge in [-0.15, -0.1) is 0 Å². The van der Waals surface area contributed by atoms with Crippen molar-refractivity contribution in [3.63, 3.8) is 0 Å². The fraction of sp³-hybridized carbons (Fsp3) is 0.412. The summed E-state index contributed by atoms with van der Waals surface area (Å²) < 4.78 is 1.22. The summed E-state index contributed by atoms with van der Waals surface area (Å²) >= 11 is 2.29. The van der Waals surface area contributed by atoms with Gasteiger partial charge in [0.15, 0.2) is 0 Å². The summed E-state index contributed by atoms with van der Waals surface area (Å²) in [6.07, 6.45) is 12.5. The lowest BCUT2D eigenvalue weighted by molar-refractivity contribution is -0.128. The van der Waals surface area contributed by atoms with Crippen molar-refractivity contribution in [2.75, 3.05) is 24.1 Å². The van der Waals surface area contributed by atoms with Gasteiger partial charge in [0.2, 0.25) is 11.8 Å². The molecular weight excluding hydrogens is 391 g/mol. The Labute approximate surface area is 146 Å². The van der Waals surface area contributed by atoms with E-state index in [0.717, 1.165) is 12.1 Å². The summed E-state index contributed by atoms with van der Waals surface area (Å²) in [4.78, 5) is 27.2. The molecule has 0 aromatic heterocycles. The zero-order valence-electron chi connectivity index (χ0n) is 13.0. The van der Waals surface area contributed by atoms with Crippen molar-refractivity contribution in [3.8, 4) is 0 Å². The Morgan fingerprint density at radius 3 is 2.77 bits per heavy atom. The van der Waals surface area contributed by atoms with Crippen molar-refractivity contribution in [3.05, 3.63) is 48.7 Å². The van der Waals surface area contributed by atoms with Crippen molar-refractivity contribution >= 4 is 34.4 Å². The van der Waals surface area contributed by atoms with Crippen LogP contribution in [0.3, 0.4) is 0 Å². The summed E-state index contributed by atoms with van der Waals surface area (Å²) in [6.45, 7) is 7.14. The molecule has 5 heteroatoms. The summed E-state index contributed by atoms with van der Waals surface area (Å²) in [7, 11) is 0. The number of carbonyl (C=O) groups excluding carboxylic acids is 2. The van der Waals surface area contributed by atoms with Crippen molar-refractivity contribution in [2.24, 2.45) is 0 Å². The minimum absolute atomic E-state index is 0.0607. The molecular formula is C17H23IN2O2. The molecule has 120 valence electrons. The highest BCUT2D eigenvalue weighted by Gasteiger charge is 2.24. The second-order valence-electron chi connectivity index (χ2n) is 4.75. The first kappa shape index (κ1) is 18.7. The highest BCUT2D eigenvalue weighted by molar-refractivity contribution is 14.1. The Morgan fingerprint density at radius 2 is 2.09 bits per heavy atom. The number of allylic oxidation sites excluding steroid dienone is 5. The van der Waals surface area contributed by atoms with E-state index in [2.05, 4.69) is 36.1 Å². The van der Waals surface area contributed by atoms with E-state index in [1.807, 2.05) is 30.4 Å². The van der Waals surface area contributed by atoms with Gasteiger partial charge in [0.1, 0.15) is 0 Å². The van der Waals surface area contributed by atoms with E-state index in [4.69, 9.17) is 0 Å². The van der Waals surface area contributed by atoms with Crippen LogP contribution in [0.15, 0.2) is 48.7 Å². The standard InChI is InChI=1S/C15H18N2O2.C2H5I/c1-2-14(18)16-10-9-15(19)17(12-11-16)13-7-5-3-4-6-8-13;1-2-3/h2-3,5-8H,1,4,9-12H2;2H2,1H3. The molecule has 0 aromatic rings. The molecule has 0 atom stereocenters. The Morgan fingerprint density at radius 1 is 1.36 bits per heavy atom. The SMILES string of the molecule is C=CC(=O)N1CCC(=O)N(C2=CC=CCC=C2)CC1.CCI. The van der Waals surface area contributed by atoms with Crippen LogP contribution in [-0.2, 0) is 9.59 Å². The molecule has 0 N–H and O–H groups in total. The minimum Gasteiger partial charge on any atom is -0.337 e. The molecule has 0 aromatic carbocycles. The van der Waals surface area contributed by atoms with Crippen LogP contribution >= 0.6 is 22.6 Å². The summed E-state index contributed by atoms with van der Waals surface area (Å²) in [6, 6.07) is 0. The van der Waals surface area contributed by atoms with E-state index in [1.54, 1.807) is 9.80 Å². The van der Waals surface area contributed by atoms with Gasteiger partial charge in [-0.2, -0.15) is 0 Å². The number of amides is 2. The van der Waals surface area contributed by atoms with Gasteiger partial charge in [-0.3, -0.25) is 9.59 Å². The van der Waals surface area contributed by atoms with E-state index < -0.39 is 0 Å². The molecule has 22 heavy (non-hydrogen) atoms. The molecule has 0 radical (unpaired) electrons. The number of hydrogen-bond donors (Lipinski definition) is 0. The van der Waals surface area contributed by atoms with Crippen LogP contribution in [0.5, 0.6) is 0 Å². The third-order valence-electron chi connectivity index (χ3n) is 3.25. The first-order valence-electron chi connectivity index (χ1n) is 7.45. The molecule has 1 aliphatic heterocycles. The lowest BCUT2D eigenvalue weighted by atomic mass is 10.3. The summed E-state index contributed by atoms with van der Waals surface area (Å²) in [5.74, 6) is -0.0505. The van der Waals surface area contributed by atoms with E-state index in [0.29, 0.717) is 26.1 Å². The van der Waals surface area contributed by atoms with Crippen molar-refractivity contribution < 1.29 is 9.59 Å². The zero-order chi connectivity index (χ0) is 16.4. The lowest BCUT2D eigenvalue weighted by Gasteiger charge is -2.22. The molecule has 2 rings (SSSR count). The zero-order valence-corrected chi connectivity index (χ0v) is 15.2. The molecule has 0 saturated carbocycles. The number of alkyl halides is 1. The highest BCUT2D eigenvalue weighted by atomic mass is 127. The third-order valence-corrected chi connectivity index (χ3v) is 3.25. The first-order valence-corrected chi connectivity index (χ1v) is 8.97. The van der Waals surface area contributed by atoms with Gasteiger partial charge < -0.3 is 9.80 Å². The predicted molar refractivity (Wildman–Crippen MR) is 98.6 cm³/mol. The number of rotatable bonds is 2. The summed E-state index contributed by atoms with van der Waals surface area (Å²) in [5.41, 5.74) is 0.895. The van der Waals surface area contributed by atoms with Crippen LogP contribution < -0.4 is 0 Å². The Bertz CT molecular complexity index is 495. The average Bonchev–Trinajstić information content (AvgIpc) is 2.88. The molecule has 2 aliphatic rings. The van der Waals surface area contributed by atoms with E-state index in [1.165, 1.54) is 10.5 Å². The largest absolute Gasteiger partial charge is 0.337 e. The van der Waals surface area contributed by atoms with Crippen LogP contribution in [0.4, 0.5) is 0 Å². The Kier molecular flexibility index (Phi) is 8.81. The molecule has 1 heterocycles. The molecule has 1 aliphatic carbocycles. The Hall–Kier alpha value is -1.37. The maximum absolute atomic E-state index is 12.1. The number of halogens is 1. The van der Waals surface area contributed by atoms with Gasteiger partial charge in [-0.1, -0.05) is 54.3 Å². The van der Waals surface area contributed by atoms with Crippen LogP contribution in [0.1, 0.15) is 19.8 Å². The second kappa shape index (κ2) is 10.4. The topological polar surface area (TPSA) is 40.6 Å². The number of nitrogens with zero attached hydrogens (tertiary/aromatic N) is 2. The molecule has 1 fully saturated rings. The molecule has 2 amide bonds. The van der Waals surface area contributed by atoms with Gasteiger partial charge in [-0.25, -0.2) is 0 Å². The van der Waals surface area contributed by atoms with Crippen molar-refractivity contribution in [2.45, 2.75) is 19.8 Å². The normalized spacial score (nSPS) is 17.9. The van der Waals surface area contributed by atoms with E-state index >= 15 is 0 Å². The molecule has 0 spiro atoms. The second-order valence-corrected chi connectivity index (χ2v) is 6.28. The highest BCUT2D eigenvalue weighted by Crippen LogP contribution is 2.15. The maximum Gasteiger partial charge on any atom is 0.246 e. The van der Waals surface area contributed by atoms with Crippen LogP contribution in [0.25, 0.3) is 0 Å². The quantitative estimate of drug-likeness (QED) is 0.396. The smallest absolute Gasteiger partial charge is 0.246 e. The Balaban J connectivity index is 0.000000745. The average molecular weight is 414 g/mol. The first-order chi connectivity index (χ1) is 10.6. The third kappa shape index (κ3) is 5.79. The van der Waals surface area contributed by atoms with Crippen molar-refractivity contribution in [1.29, 1.82) is 0 Å². The molecule has 1 saturated heterocycles. The monoisotopic (exact) mass is 414 g/mol. The fourth-order valence-electron chi connectivity index (χ4n) is 2.19. The van der Waals surface area contributed by atoms with E-state index in [-0.39, 0.29) is 11.8 Å². The molecule has 0 bridgehead atoms. The van der Waals surface area contributed by atoms with Gasteiger partial charge >= 0.3 is 0 Å². The molecule has 4 nitrogen and oxygen atoms in total. The van der Waals surface area contributed by atoms with Crippen LogP contribution in [-0.4, -0.2) is 45.7 Å². The molecule has 0 unspecified atom stereocenters. The van der Waals surface area contributed by atoms with Crippen LogP contribution in [0.2, 0.25) is 0 Å². The fourth-order valence-corrected chi connectivity index (χ4v) is 2.19. The predicted octanol–water partition coefficient (Wildman–Crippen LogP) is 3.07. The van der Waals surface area contributed by atoms with Crippen LogP contribution in [0, 0.1) is 0 Å². The maximum atomic E-state index is 12.1. The van der Waals surface area contributed by atoms with Gasteiger partial charge in [-0.05, 0) is 29.1 Å². The van der Waals surface area contributed by atoms with Gasteiger partial charge in [0, 0.05) is 31.8 Å². The lowest BCUT2D eigenvalue weighted by Crippen LogP contribution is -2.34. The summed E-state index contributed by atoms with van der Waals surface area (Å²) in [5, 5.41) is 0. The number of carbonyl (C=O) groups is 2.